The van der Waals surface area contributed by atoms with Crippen LogP contribution in [0.5, 0.6) is 0 Å². The van der Waals surface area contributed by atoms with Gasteiger partial charge in [-0.1, -0.05) is 22.0 Å². The second kappa shape index (κ2) is 7.31. The van der Waals surface area contributed by atoms with Gasteiger partial charge in [0.2, 0.25) is 0 Å². The Morgan fingerprint density at radius 2 is 1.90 bits per heavy atom. The highest BCUT2D eigenvalue weighted by Gasteiger charge is 2.67. The molecule has 1 aromatic carbocycles. The number of ether oxygens (including phenoxy) is 1. The number of hydrogen-bond acceptors (Lipinski definition) is 5. The Morgan fingerprint density at radius 3 is 2.57 bits per heavy atom. The molecule has 162 valence electrons. The van der Waals surface area contributed by atoms with Crippen LogP contribution in [0.1, 0.15) is 49.7 Å². The number of likely N-dealkylation sites (tertiary alicyclic amines) is 1. The van der Waals surface area contributed by atoms with Gasteiger partial charge in [0.15, 0.2) is 11.5 Å². The number of nitrogens with zero attached hydrogens (tertiary/aromatic N) is 3. The third kappa shape index (κ3) is 2.81. The minimum absolute atomic E-state index is 0.0993. The summed E-state index contributed by atoms with van der Waals surface area (Å²) in [6.45, 7) is 1.97. The molecule has 1 unspecified atom stereocenters. The number of amides is 1. The summed E-state index contributed by atoms with van der Waals surface area (Å²) in [4.78, 5) is 23.5. The van der Waals surface area contributed by atoms with Crippen LogP contribution >= 0.6 is 15.9 Å². The number of carbonyl (C=O) groups is 1. The second-order valence-corrected chi connectivity index (χ2v) is 10.5. The Kier molecular flexibility index (Phi) is 4.99. The molecule has 6 nitrogen and oxygen atoms in total. The van der Waals surface area contributed by atoms with E-state index in [4.69, 9.17) is 15.5 Å². The van der Waals surface area contributed by atoms with E-state index >= 15 is 0 Å². The van der Waals surface area contributed by atoms with E-state index in [1.54, 1.807) is 7.11 Å². The van der Waals surface area contributed by atoms with E-state index < -0.39 is 5.54 Å². The van der Waals surface area contributed by atoms with E-state index in [-0.39, 0.29) is 23.5 Å². The highest BCUT2D eigenvalue weighted by molar-refractivity contribution is 9.10. The fraction of sp³-hybridized carbons (Fsp3) is 0.652. The SMILES string of the molecule is COC1CCC2(CC1)Cc1ccc(Br)cc1C21N=C(N)N(C2CCN(C)CC2)C1=O. The summed E-state index contributed by atoms with van der Waals surface area (Å²) in [5.41, 5.74) is 7.72. The number of methoxy groups -OCH3 is 1. The number of carbonyl (C=O) groups excluding carboxylic acids is 1. The fourth-order valence-electron chi connectivity index (χ4n) is 6.41. The zero-order valence-electron chi connectivity index (χ0n) is 17.9. The van der Waals surface area contributed by atoms with Crippen LogP contribution in [0.3, 0.4) is 0 Å². The third-order valence-electron chi connectivity index (χ3n) is 8.09. The quantitative estimate of drug-likeness (QED) is 0.714. The van der Waals surface area contributed by atoms with Crippen molar-refractivity contribution in [3.63, 3.8) is 0 Å². The molecule has 1 saturated heterocycles. The van der Waals surface area contributed by atoms with Crippen LogP contribution < -0.4 is 5.73 Å². The van der Waals surface area contributed by atoms with Crippen molar-refractivity contribution >= 4 is 27.8 Å². The maximum Gasteiger partial charge on any atom is 0.262 e. The number of piperidine rings is 1. The van der Waals surface area contributed by atoms with Gasteiger partial charge in [-0.15, -0.1) is 0 Å². The van der Waals surface area contributed by atoms with Crippen molar-refractivity contribution in [1.29, 1.82) is 0 Å². The van der Waals surface area contributed by atoms with Gasteiger partial charge < -0.3 is 15.4 Å². The van der Waals surface area contributed by atoms with Crippen molar-refractivity contribution < 1.29 is 9.53 Å². The van der Waals surface area contributed by atoms with Crippen LogP contribution in [0.2, 0.25) is 0 Å². The first-order valence-corrected chi connectivity index (χ1v) is 11.9. The first-order valence-electron chi connectivity index (χ1n) is 11.1. The number of fused-ring (bicyclic) bond motifs is 3. The largest absolute Gasteiger partial charge is 0.381 e. The number of guanidine groups is 1. The molecule has 1 aromatic rings. The van der Waals surface area contributed by atoms with E-state index in [0.29, 0.717) is 5.96 Å². The Labute approximate surface area is 187 Å². The van der Waals surface area contributed by atoms with E-state index in [1.165, 1.54) is 5.56 Å². The molecule has 2 aliphatic heterocycles. The lowest BCUT2D eigenvalue weighted by molar-refractivity contribution is -0.140. The fourth-order valence-corrected chi connectivity index (χ4v) is 6.78. The van der Waals surface area contributed by atoms with Crippen molar-refractivity contribution in [2.45, 2.75) is 62.6 Å². The number of benzene rings is 1. The summed E-state index contributed by atoms with van der Waals surface area (Å²) < 4.78 is 6.64. The topological polar surface area (TPSA) is 71.2 Å². The molecular formula is C23H31BrN4O2. The van der Waals surface area contributed by atoms with Gasteiger partial charge in [0.05, 0.1) is 6.10 Å². The Balaban J connectivity index is 1.59. The van der Waals surface area contributed by atoms with Crippen LogP contribution in [-0.4, -0.2) is 61.1 Å². The van der Waals surface area contributed by atoms with Crippen molar-refractivity contribution in [2.75, 3.05) is 27.2 Å². The lowest BCUT2D eigenvalue weighted by Gasteiger charge is -2.46. The van der Waals surface area contributed by atoms with Crippen LogP contribution in [0.25, 0.3) is 0 Å². The molecule has 0 radical (unpaired) electrons. The van der Waals surface area contributed by atoms with Gasteiger partial charge in [-0.2, -0.15) is 0 Å². The standard InChI is InChI=1S/C23H31BrN4O2/c1-27-11-7-17(8-12-27)28-20(29)23(26-21(28)25)19-13-16(24)4-3-15(19)14-22(23)9-5-18(30-2)6-10-22/h3-4,13,17-18H,5-12,14H2,1-2H3,(H2,25,26). The predicted octanol–water partition coefficient (Wildman–Crippen LogP) is 3.03. The van der Waals surface area contributed by atoms with E-state index in [9.17, 15) is 4.79 Å². The number of hydrogen-bond donors (Lipinski definition) is 1. The van der Waals surface area contributed by atoms with Gasteiger partial charge in [0.1, 0.15) is 0 Å². The molecule has 2 spiro atoms. The summed E-state index contributed by atoms with van der Waals surface area (Å²) in [5.74, 6) is 0.512. The number of rotatable bonds is 2. The minimum Gasteiger partial charge on any atom is -0.381 e. The average molecular weight is 475 g/mol. The first-order chi connectivity index (χ1) is 14.4. The molecule has 7 heteroatoms. The third-order valence-corrected chi connectivity index (χ3v) is 8.58. The van der Waals surface area contributed by atoms with Crippen LogP contribution in [0, 0.1) is 5.41 Å². The molecule has 1 amide bonds. The molecule has 2 fully saturated rings. The van der Waals surface area contributed by atoms with Gasteiger partial charge in [-0.3, -0.25) is 9.69 Å². The summed E-state index contributed by atoms with van der Waals surface area (Å²) in [6, 6.07) is 6.49. The summed E-state index contributed by atoms with van der Waals surface area (Å²) >= 11 is 3.63. The zero-order chi connectivity index (χ0) is 21.1. The van der Waals surface area contributed by atoms with Crippen molar-refractivity contribution in [3.8, 4) is 0 Å². The average Bonchev–Trinajstić information content (AvgIpc) is 3.16. The smallest absolute Gasteiger partial charge is 0.262 e. The molecule has 2 heterocycles. The minimum atomic E-state index is -0.891. The molecule has 1 atom stereocenters. The van der Waals surface area contributed by atoms with Gasteiger partial charge >= 0.3 is 0 Å². The molecule has 0 aromatic heterocycles. The monoisotopic (exact) mass is 474 g/mol. The lowest BCUT2D eigenvalue weighted by atomic mass is 9.61. The van der Waals surface area contributed by atoms with E-state index in [1.807, 2.05) is 4.90 Å². The molecule has 30 heavy (non-hydrogen) atoms. The molecular weight excluding hydrogens is 444 g/mol. The molecule has 2 aliphatic carbocycles. The summed E-state index contributed by atoms with van der Waals surface area (Å²) in [7, 11) is 3.92. The number of nitrogens with two attached hydrogens (primary N) is 1. The highest BCUT2D eigenvalue weighted by atomic mass is 79.9. The molecule has 1 saturated carbocycles. The lowest BCUT2D eigenvalue weighted by Crippen LogP contribution is -2.55. The van der Waals surface area contributed by atoms with Crippen LogP contribution in [0.15, 0.2) is 27.7 Å². The first kappa shape index (κ1) is 20.5. The van der Waals surface area contributed by atoms with Crippen LogP contribution in [0.4, 0.5) is 0 Å². The maximum atomic E-state index is 14.3. The predicted molar refractivity (Wildman–Crippen MR) is 120 cm³/mol. The van der Waals surface area contributed by atoms with Crippen LogP contribution in [-0.2, 0) is 21.5 Å². The Morgan fingerprint density at radius 1 is 1.20 bits per heavy atom. The Bertz CT molecular complexity index is 887. The van der Waals surface area contributed by atoms with Crippen molar-refractivity contribution in [2.24, 2.45) is 16.1 Å². The second-order valence-electron chi connectivity index (χ2n) is 9.58. The molecule has 4 aliphatic rings. The zero-order valence-corrected chi connectivity index (χ0v) is 19.5. The summed E-state index contributed by atoms with van der Waals surface area (Å²) in [5, 5.41) is 0. The van der Waals surface area contributed by atoms with Gasteiger partial charge in [0.25, 0.3) is 5.91 Å². The van der Waals surface area contributed by atoms with E-state index in [2.05, 4.69) is 46.1 Å². The molecule has 5 rings (SSSR count). The molecule has 2 N–H and O–H groups in total. The maximum absolute atomic E-state index is 14.3. The normalized spacial score (nSPS) is 34.8. The number of halogens is 1. The number of aliphatic imine (C=N–C) groups is 1. The van der Waals surface area contributed by atoms with Gasteiger partial charge in [0, 0.05) is 23.0 Å². The van der Waals surface area contributed by atoms with Crippen molar-refractivity contribution in [1.82, 2.24) is 9.80 Å². The van der Waals surface area contributed by atoms with Crippen molar-refractivity contribution in [3.05, 3.63) is 33.8 Å². The molecule has 0 bridgehead atoms. The van der Waals surface area contributed by atoms with Gasteiger partial charge in [-0.25, -0.2) is 4.99 Å². The van der Waals surface area contributed by atoms with E-state index in [0.717, 1.165) is 68.1 Å². The Hall–Kier alpha value is -1.44. The summed E-state index contributed by atoms with van der Waals surface area (Å²) in [6.07, 6.45) is 6.83. The van der Waals surface area contributed by atoms with Gasteiger partial charge in [-0.05, 0) is 88.3 Å². The highest BCUT2D eigenvalue weighted by Crippen LogP contribution is 2.62.